The molecule has 2 atom stereocenters. The quantitative estimate of drug-likeness (QED) is 0.107. The van der Waals surface area contributed by atoms with Crippen LogP contribution >= 0.6 is 0 Å². The lowest BCUT2D eigenvalue weighted by Crippen LogP contribution is -2.49. The molecule has 0 aliphatic carbocycles. The van der Waals surface area contributed by atoms with Gasteiger partial charge < -0.3 is 42.6 Å². The van der Waals surface area contributed by atoms with E-state index in [-0.39, 0.29) is 19.2 Å². The van der Waals surface area contributed by atoms with Gasteiger partial charge in [-0.1, -0.05) is 103 Å². The molecule has 2 aliphatic rings. The maximum absolute atomic E-state index is 13.1. The molecule has 0 aromatic carbocycles. The highest BCUT2D eigenvalue weighted by molar-refractivity contribution is 5.69. The van der Waals surface area contributed by atoms with E-state index in [1.807, 2.05) is 0 Å². The first-order chi connectivity index (χ1) is 22.8. The van der Waals surface area contributed by atoms with E-state index in [0.29, 0.717) is 85.7 Å². The van der Waals surface area contributed by atoms with Gasteiger partial charge in [0.1, 0.15) is 12.2 Å². The number of hydrogen-bond acceptors (Lipinski definition) is 10. The van der Waals surface area contributed by atoms with Gasteiger partial charge in [-0.2, -0.15) is 0 Å². The number of rotatable bonds is 20. The van der Waals surface area contributed by atoms with Crippen molar-refractivity contribution in [3.05, 3.63) is 0 Å². The second kappa shape index (κ2) is 31.4. The Hall–Kier alpha value is -0.850. The zero-order valence-corrected chi connectivity index (χ0v) is 29.2. The molecule has 2 rings (SSSR count). The first kappa shape index (κ1) is 41.3. The van der Waals surface area contributed by atoms with E-state index in [9.17, 15) is 4.79 Å². The number of hydrogen-bond donors (Lipinski definition) is 0. The molecule has 272 valence electrons. The first-order valence-corrected chi connectivity index (χ1v) is 18.7. The topological polar surface area (TPSA) is 100 Å². The van der Waals surface area contributed by atoms with Crippen LogP contribution in [0.5, 0.6) is 0 Å². The highest BCUT2D eigenvalue weighted by Gasteiger charge is 2.35. The Kier molecular flexibility index (Phi) is 28.2. The van der Waals surface area contributed by atoms with Gasteiger partial charge >= 0.3 is 5.97 Å². The van der Waals surface area contributed by atoms with Crippen LogP contribution in [0.15, 0.2) is 0 Å². The molecule has 46 heavy (non-hydrogen) atoms. The molecule has 0 amide bonds. The van der Waals surface area contributed by atoms with Crippen LogP contribution in [0.2, 0.25) is 0 Å². The van der Waals surface area contributed by atoms with E-state index in [2.05, 4.69) is 6.92 Å². The SMILES string of the molecule is CCCCCCCCCCCCCCCCCCC(=O)OC(C1COCCOCCOCCO1)C1COCCOCCOCCO1. The highest BCUT2D eigenvalue weighted by Crippen LogP contribution is 2.18. The molecule has 0 bridgehead atoms. The van der Waals surface area contributed by atoms with E-state index in [0.717, 1.165) is 19.3 Å². The van der Waals surface area contributed by atoms with E-state index in [4.69, 9.17) is 42.6 Å². The lowest BCUT2D eigenvalue weighted by atomic mass is 10.0. The van der Waals surface area contributed by atoms with Gasteiger partial charge in [-0.15, -0.1) is 0 Å². The van der Waals surface area contributed by atoms with Crippen molar-refractivity contribution in [2.75, 3.05) is 92.5 Å². The fourth-order valence-corrected chi connectivity index (χ4v) is 5.69. The van der Waals surface area contributed by atoms with Gasteiger partial charge in [-0.05, 0) is 6.42 Å². The number of unbranched alkanes of at least 4 members (excludes halogenated alkanes) is 15. The largest absolute Gasteiger partial charge is 0.457 e. The Morgan fingerprint density at radius 3 is 1.20 bits per heavy atom. The van der Waals surface area contributed by atoms with Crippen LogP contribution in [-0.4, -0.2) is 117 Å². The normalized spacial score (nSPS) is 22.5. The maximum Gasteiger partial charge on any atom is 0.306 e. The standard InChI is InChI=1S/C36H68O10/c1-2-3-4-5-6-7-8-9-10-11-12-13-14-15-16-17-18-35(37)46-36(33-31-42-25-23-38-19-21-40-27-29-44-33)34-32-43-26-24-39-20-22-41-28-30-45-34/h33-34,36H,2-32H2,1H3. The third-order valence-electron chi connectivity index (χ3n) is 8.41. The molecule has 2 heterocycles. The van der Waals surface area contributed by atoms with Crippen LogP contribution in [0.4, 0.5) is 0 Å². The molecular weight excluding hydrogens is 592 g/mol. The summed E-state index contributed by atoms with van der Waals surface area (Å²) >= 11 is 0. The molecule has 0 saturated carbocycles. The van der Waals surface area contributed by atoms with Crippen molar-refractivity contribution in [1.29, 1.82) is 0 Å². The van der Waals surface area contributed by atoms with Crippen molar-refractivity contribution in [3.8, 4) is 0 Å². The van der Waals surface area contributed by atoms with E-state index >= 15 is 0 Å². The molecule has 10 nitrogen and oxygen atoms in total. The van der Waals surface area contributed by atoms with E-state index < -0.39 is 18.3 Å². The molecule has 0 aromatic rings. The third-order valence-corrected chi connectivity index (χ3v) is 8.41. The minimum Gasteiger partial charge on any atom is -0.457 e. The minimum absolute atomic E-state index is 0.236. The zero-order valence-electron chi connectivity index (χ0n) is 29.2. The van der Waals surface area contributed by atoms with Gasteiger partial charge in [0.15, 0.2) is 6.10 Å². The van der Waals surface area contributed by atoms with E-state index in [1.165, 1.54) is 83.5 Å². The highest BCUT2D eigenvalue weighted by atomic mass is 16.6. The first-order valence-electron chi connectivity index (χ1n) is 18.7. The summed E-state index contributed by atoms with van der Waals surface area (Å²) in [6, 6.07) is 0. The summed E-state index contributed by atoms with van der Waals surface area (Å²) in [4.78, 5) is 13.1. The fraction of sp³-hybridized carbons (Fsp3) is 0.972. The monoisotopic (exact) mass is 660 g/mol. The van der Waals surface area contributed by atoms with Crippen LogP contribution in [-0.2, 0) is 47.4 Å². The molecule has 0 spiro atoms. The van der Waals surface area contributed by atoms with Crippen LogP contribution in [0, 0.1) is 0 Å². The van der Waals surface area contributed by atoms with Crippen LogP contribution in [0.1, 0.15) is 116 Å². The van der Waals surface area contributed by atoms with Gasteiger partial charge in [-0.25, -0.2) is 0 Å². The molecule has 0 aromatic heterocycles. The number of carbonyl (C=O) groups is 1. The van der Waals surface area contributed by atoms with Gasteiger partial charge in [-0.3, -0.25) is 4.79 Å². The Labute approximate surface area is 280 Å². The molecule has 10 heteroatoms. The summed E-state index contributed by atoms with van der Waals surface area (Å²) < 4.78 is 52.5. The van der Waals surface area contributed by atoms with Gasteiger partial charge in [0.05, 0.1) is 92.5 Å². The van der Waals surface area contributed by atoms with Crippen LogP contribution in [0.25, 0.3) is 0 Å². The summed E-state index contributed by atoms with van der Waals surface area (Å²) in [5.41, 5.74) is 0. The van der Waals surface area contributed by atoms with Crippen molar-refractivity contribution in [1.82, 2.24) is 0 Å². The predicted molar refractivity (Wildman–Crippen MR) is 178 cm³/mol. The maximum atomic E-state index is 13.1. The molecule has 2 saturated heterocycles. The molecule has 2 aliphatic heterocycles. The Bertz CT molecular complexity index is 613. The fourth-order valence-electron chi connectivity index (χ4n) is 5.69. The minimum atomic E-state index is -0.707. The summed E-state index contributed by atoms with van der Waals surface area (Å²) in [5.74, 6) is -0.251. The molecule has 0 radical (unpaired) electrons. The van der Waals surface area contributed by atoms with Crippen molar-refractivity contribution < 1.29 is 47.4 Å². The van der Waals surface area contributed by atoms with Gasteiger partial charge in [0.2, 0.25) is 0 Å². The van der Waals surface area contributed by atoms with Crippen LogP contribution in [0.3, 0.4) is 0 Å². The molecular formula is C36H68O10. The summed E-state index contributed by atoms with van der Waals surface area (Å²) in [6.07, 6.45) is 19.3. The average Bonchev–Trinajstić information content (AvgIpc) is 3.04. The lowest BCUT2D eigenvalue weighted by molar-refractivity contribution is -0.191. The number of carbonyl (C=O) groups excluding carboxylic acids is 1. The lowest BCUT2D eigenvalue weighted by Gasteiger charge is -2.33. The van der Waals surface area contributed by atoms with Crippen molar-refractivity contribution >= 4 is 5.97 Å². The average molecular weight is 661 g/mol. The van der Waals surface area contributed by atoms with Gasteiger partial charge in [0, 0.05) is 6.42 Å². The smallest absolute Gasteiger partial charge is 0.306 e. The number of esters is 1. The third kappa shape index (κ3) is 23.5. The second-order valence-electron chi connectivity index (χ2n) is 12.4. The second-order valence-corrected chi connectivity index (χ2v) is 12.4. The molecule has 2 fully saturated rings. The number of ether oxygens (including phenoxy) is 9. The molecule has 0 N–H and O–H groups in total. The van der Waals surface area contributed by atoms with Crippen LogP contribution < -0.4 is 0 Å². The summed E-state index contributed by atoms with van der Waals surface area (Å²) in [6.45, 7) is 8.01. The Morgan fingerprint density at radius 2 is 0.804 bits per heavy atom. The van der Waals surface area contributed by atoms with E-state index in [1.54, 1.807) is 0 Å². The predicted octanol–water partition coefficient (Wildman–Crippen LogP) is 6.45. The Balaban J connectivity index is 1.73. The van der Waals surface area contributed by atoms with Crippen molar-refractivity contribution in [2.45, 2.75) is 134 Å². The van der Waals surface area contributed by atoms with Gasteiger partial charge in [0.25, 0.3) is 0 Å². The zero-order chi connectivity index (χ0) is 32.6. The summed E-state index contributed by atoms with van der Waals surface area (Å²) in [7, 11) is 0. The summed E-state index contributed by atoms with van der Waals surface area (Å²) in [5, 5.41) is 0. The van der Waals surface area contributed by atoms with Crippen molar-refractivity contribution in [2.24, 2.45) is 0 Å². The Morgan fingerprint density at radius 1 is 0.478 bits per heavy atom. The molecule has 2 unspecified atom stereocenters. The van der Waals surface area contributed by atoms with Crippen molar-refractivity contribution in [3.63, 3.8) is 0 Å².